The van der Waals surface area contributed by atoms with E-state index in [1.165, 1.54) is 49.5 Å². The van der Waals surface area contributed by atoms with E-state index in [4.69, 9.17) is 0 Å². The van der Waals surface area contributed by atoms with E-state index in [1.54, 1.807) is 0 Å². The van der Waals surface area contributed by atoms with Gasteiger partial charge in [0.15, 0.2) is 0 Å². The molecule has 4 aromatic carbocycles. The summed E-state index contributed by atoms with van der Waals surface area (Å²) in [6.45, 7) is 8.62. The van der Waals surface area contributed by atoms with Gasteiger partial charge in [0, 0.05) is 12.7 Å². The van der Waals surface area contributed by atoms with Crippen molar-refractivity contribution in [3.63, 3.8) is 0 Å². The average molecular weight is 374 g/mol. The first kappa shape index (κ1) is 23.2. The van der Waals surface area contributed by atoms with Gasteiger partial charge in [-0.2, -0.15) is 0 Å². The molecule has 0 aromatic heterocycles. The van der Waals surface area contributed by atoms with Crippen LogP contribution in [0.25, 0.3) is 21.5 Å². The first-order valence-electron chi connectivity index (χ1n) is 9.14. The van der Waals surface area contributed by atoms with Crippen LogP contribution in [0.1, 0.15) is 37.1 Å². The van der Waals surface area contributed by atoms with Gasteiger partial charge in [0.25, 0.3) is 0 Å². The van der Waals surface area contributed by atoms with E-state index >= 15 is 0 Å². The molecular formula is C27H35N. The van der Waals surface area contributed by atoms with Crippen LogP contribution in [0.3, 0.4) is 0 Å². The SMILES string of the molecule is C.C.CNc1cc(C)c2ccccc2c1C.Cc1ccc(C)c2ccccc12. The zero-order valence-corrected chi connectivity index (χ0v) is 16.4. The maximum atomic E-state index is 3.23. The molecule has 28 heavy (non-hydrogen) atoms. The Balaban J connectivity index is 0.000000264. The fourth-order valence-electron chi connectivity index (χ4n) is 3.56. The summed E-state index contributed by atoms with van der Waals surface area (Å²) >= 11 is 0. The van der Waals surface area contributed by atoms with Crippen molar-refractivity contribution in [3.8, 4) is 0 Å². The molecule has 1 heteroatoms. The second-order valence-corrected chi connectivity index (χ2v) is 6.91. The second kappa shape index (κ2) is 9.94. The van der Waals surface area contributed by atoms with E-state index in [9.17, 15) is 0 Å². The van der Waals surface area contributed by atoms with Gasteiger partial charge in [-0.05, 0) is 77.6 Å². The predicted molar refractivity (Wildman–Crippen MR) is 130 cm³/mol. The van der Waals surface area contributed by atoms with Gasteiger partial charge in [-0.15, -0.1) is 0 Å². The van der Waals surface area contributed by atoms with Gasteiger partial charge in [0.1, 0.15) is 0 Å². The molecule has 0 fully saturated rings. The smallest absolute Gasteiger partial charge is 0.0376 e. The van der Waals surface area contributed by atoms with E-state index in [2.05, 4.69) is 99.7 Å². The Labute approximate surface area is 171 Å². The van der Waals surface area contributed by atoms with Crippen molar-refractivity contribution in [1.82, 2.24) is 0 Å². The minimum absolute atomic E-state index is 0. The van der Waals surface area contributed by atoms with Crippen LogP contribution in [-0.4, -0.2) is 7.05 Å². The van der Waals surface area contributed by atoms with Gasteiger partial charge in [-0.3, -0.25) is 0 Å². The Morgan fingerprint density at radius 2 is 0.929 bits per heavy atom. The zero-order chi connectivity index (χ0) is 18.7. The monoisotopic (exact) mass is 373 g/mol. The highest BCUT2D eigenvalue weighted by molar-refractivity contribution is 5.92. The highest BCUT2D eigenvalue weighted by atomic mass is 14.8. The lowest BCUT2D eigenvalue weighted by Crippen LogP contribution is -1.94. The first-order chi connectivity index (χ1) is 12.5. The summed E-state index contributed by atoms with van der Waals surface area (Å²) < 4.78 is 0. The normalized spacial score (nSPS) is 9.75. The minimum atomic E-state index is 0. The fraction of sp³-hybridized carbons (Fsp3) is 0.259. The molecule has 0 atom stereocenters. The van der Waals surface area contributed by atoms with Crippen molar-refractivity contribution in [2.24, 2.45) is 0 Å². The number of fused-ring (bicyclic) bond motifs is 2. The van der Waals surface area contributed by atoms with E-state index in [-0.39, 0.29) is 14.9 Å². The number of anilines is 1. The second-order valence-electron chi connectivity index (χ2n) is 6.91. The van der Waals surface area contributed by atoms with Crippen molar-refractivity contribution in [1.29, 1.82) is 0 Å². The number of nitrogens with one attached hydrogen (secondary N) is 1. The highest BCUT2D eigenvalue weighted by Crippen LogP contribution is 2.28. The summed E-state index contributed by atoms with van der Waals surface area (Å²) in [6, 6.07) is 23.6. The molecule has 0 bridgehead atoms. The molecule has 0 aliphatic rings. The van der Waals surface area contributed by atoms with Gasteiger partial charge in [0.05, 0.1) is 0 Å². The van der Waals surface area contributed by atoms with Gasteiger partial charge in [-0.25, -0.2) is 0 Å². The molecule has 4 aromatic rings. The molecule has 0 saturated heterocycles. The Morgan fingerprint density at radius 3 is 1.36 bits per heavy atom. The third-order valence-corrected chi connectivity index (χ3v) is 5.15. The van der Waals surface area contributed by atoms with Crippen LogP contribution in [0, 0.1) is 27.7 Å². The lowest BCUT2D eigenvalue weighted by molar-refractivity contribution is 1.40. The maximum Gasteiger partial charge on any atom is 0.0376 e. The Hall–Kier alpha value is -2.80. The third kappa shape index (κ3) is 4.54. The summed E-state index contributed by atoms with van der Waals surface area (Å²) in [5, 5.41) is 8.67. The van der Waals surface area contributed by atoms with Gasteiger partial charge >= 0.3 is 0 Å². The molecule has 0 heterocycles. The topological polar surface area (TPSA) is 12.0 Å². The maximum absolute atomic E-state index is 3.23. The number of rotatable bonds is 1. The van der Waals surface area contributed by atoms with Crippen molar-refractivity contribution in [2.75, 3.05) is 12.4 Å². The van der Waals surface area contributed by atoms with Gasteiger partial charge < -0.3 is 5.32 Å². The average Bonchev–Trinajstić information content (AvgIpc) is 2.68. The highest BCUT2D eigenvalue weighted by Gasteiger charge is 2.04. The number of benzene rings is 4. The Kier molecular flexibility index (Phi) is 8.25. The Morgan fingerprint density at radius 1 is 0.536 bits per heavy atom. The van der Waals surface area contributed by atoms with Gasteiger partial charge in [-0.1, -0.05) is 75.5 Å². The molecule has 4 rings (SSSR count). The molecule has 0 unspecified atom stereocenters. The minimum Gasteiger partial charge on any atom is -0.388 e. The lowest BCUT2D eigenvalue weighted by atomic mass is 9.99. The molecule has 0 radical (unpaired) electrons. The van der Waals surface area contributed by atoms with Crippen LogP contribution < -0.4 is 5.32 Å². The van der Waals surface area contributed by atoms with E-state index in [0.29, 0.717) is 0 Å². The molecular weight excluding hydrogens is 338 g/mol. The van der Waals surface area contributed by atoms with Crippen LogP contribution in [0.15, 0.2) is 66.7 Å². The van der Waals surface area contributed by atoms with Crippen LogP contribution in [0.5, 0.6) is 0 Å². The summed E-state index contributed by atoms with van der Waals surface area (Å²) in [7, 11) is 1.97. The van der Waals surface area contributed by atoms with E-state index < -0.39 is 0 Å². The van der Waals surface area contributed by atoms with Crippen molar-refractivity contribution >= 4 is 27.2 Å². The standard InChI is InChI=1S/C13H15N.C12H12.2CH4/c1-9-8-13(14-3)10(2)12-7-5-4-6-11(9)12;1-9-7-8-10(2)12-6-4-3-5-11(9)12;;/h4-8,14H,1-3H3;3-8H,1-2H3;2*1H4. The molecule has 0 aliphatic carbocycles. The molecule has 1 nitrogen and oxygen atoms in total. The van der Waals surface area contributed by atoms with E-state index in [1.807, 2.05) is 7.05 Å². The summed E-state index contributed by atoms with van der Waals surface area (Å²) in [5.74, 6) is 0. The third-order valence-electron chi connectivity index (χ3n) is 5.15. The van der Waals surface area contributed by atoms with Crippen LogP contribution >= 0.6 is 0 Å². The molecule has 148 valence electrons. The predicted octanol–water partition coefficient (Wildman–Crippen LogP) is 8.23. The zero-order valence-electron chi connectivity index (χ0n) is 16.4. The quantitative estimate of drug-likeness (QED) is 0.354. The number of hydrogen-bond acceptors (Lipinski definition) is 1. The first-order valence-corrected chi connectivity index (χ1v) is 9.14. The fourth-order valence-corrected chi connectivity index (χ4v) is 3.56. The van der Waals surface area contributed by atoms with E-state index in [0.717, 1.165) is 0 Å². The summed E-state index contributed by atoms with van der Waals surface area (Å²) in [4.78, 5) is 0. The van der Waals surface area contributed by atoms with Crippen LogP contribution in [0.2, 0.25) is 0 Å². The summed E-state index contributed by atoms with van der Waals surface area (Å²) in [6.07, 6.45) is 0. The molecule has 0 saturated carbocycles. The molecule has 0 aliphatic heterocycles. The lowest BCUT2D eigenvalue weighted by Gasteiger charge is -2.11. The van der Waals surface area contributed by atoms with Gasteiger partial charge in [0.2, 0.25) is 0 Å². The number of aryl methyl sites for hydroxylation is 4. The summed E-state index contributed by atoms with van der Waals surface area (Å²) in [5.41, 5.74) is 6.60. The van der Waals surface area contributed by atoms with Crippen LogP contribution in [-0.2, 0) is 0 Å². The molecule has 0 spiro atoms. The largest absolute Gasteiger partial charge is 0.388 e. The van der Waals surface area contributed by atoms with Crippen molar-refractivity contribution in [2.45, 2.75) is 42.5 Å². The van der Waals surface area contributed by atoms with Crippen molar-refractivity contribution in [3.05, 3.63) is 89.0 Å². The Bertz CT molecular complexity index is 1020. The molecule has 0 amide bonds. The molecule has 1 N–H and O–H groups in total. The van der Waals surface area contributed by atoms with Crippen LogP contribution in [0.4, 0.5) is 5.69 Å². The van der Waals surface area contributed by atoms with Crippen molar-refractivity contribution < 1.29 is 0 Å². The number of hydrogen-bond donors (Lipinski definition) is 1.